The summed E-state index contributed by atoms with van der Waals surface area (Å²) in [5.74, 6) is 0.729. The maximum atomic E-state index is 11.6. The van der Waals surface area contributed by atoms with Crippen molar-refractivity contribution < 1.29 is 9.53 Å². The average Bonchev–Trinajstić information content (AvgIpc) is 2.86. The van der Waals surface area contributed by atoms with Crippen molar-refractivity contribution in [3.05, 3.63) is 22.4 Å². The molecule has 1 heterocycles. The van der Waals surface area contributed by atoms with Gasteiger partial charge in [0.25, 0.3) is 0 Å². The van der Waals surface area contributed by atoms with Gasteiger partial charge in [-0.25, -0.2) is 0 Å². The molecule has 0 aliphatic rings. The highest BCUT2D eigenvalue weighted by Crippen LogP contribution is 2.11. The van der Waals surface area contributed by atoms with Crippen LogP contribution in [0.1, 0.15) is 38.0 Å². The SMILES string of the molecule is CC(C)COCCCNC(=O)CCCc1cccs1. The van der Waals surface area contributed by atoms with Crippen LogP contribution < -0.4 is 5.32 Å². The van der Waals surface area contributed by atoms with Gasteiger partial charge in [0, 0.05) is 31.1 Å². The Morgan fingerprint density at radius 3 is 2.95 bits per heavy atom. The second-order valence-corrected chi connectivity index (χ2v) is 6.14. The third-order valence-electron chi connectivity index (χ3n) is 2.65. The fraction of sp³-hybridized carbons (Fsp3) is 0.667. The number of nitrogens with one attached hydrogen (secondary N) is 1. The van der Waals surface area contributed by atoms with Gasteiger partial charge in [-0.15, -0.1) is 11.3 Å². The molecule has 0 aliphatic heterocycles. The molecule has 0 unspecified atom stereocenters. The molecule has 0 fully saturated rings. The number of amides is 1. The first-order chi connectivity index (χ1) is 9.18. The Hall–Kier alpha value is -0.870. The molecular weight excluding hydrogens is 258 g/mol. The van der Waals surface area contributed by atoms with Crippen LogP contribution in [0, 0.1) is 5.92 Å². The zero-order valence-corrected chi connectivity index (χ0v) is 12.8. The molecule has 0 aromatic carbocycles. The Kier molecular flexibility index (Phi) is 8.50. The molecule has 1 N–H and O–H groups in total. The van der Waals surface area contributed by atoms with Crippen molar-refractivity contribution in [1.29, 1.82) is 0 Å². The van der Waals surface area contributed by atoms with Crippen molar-refractivity contribution in [1.82, 2.24) is 5.32 Å². The molecule has 1 aromatic rings. The molecule has 1 aromatic heterocycles. The number of thiophene rings is 1. The topological polar surface area (TPSA) is 38.3 Å². The molecule has 0 bridgehead atoms. The van der Waals surface area contributed by atoms with Crippen molar-refractivity contribution >= 4 is 17.2 Å². The minimum atomic E-state index is 0.153. The second kappa shape index (κ2) is 9.98. The van der Waals surface area contributed by atoms with Gasteiger partial charge in [0.2, 0.25) is 5.91 Å². The summed E-state index contributed by atoms with van der Waals surface area (Å²) in [5.41, 5.74) is 0. The lowest BCUT2D eigenvalue weighted by molar-refractivity contribution is -0.121. The largest absolute Gasteiger partial charge is 0.381 e. The van der Waals surface area contributed by atoms with Gasteiger partial charge in [-0.1, -0.05) is 19.9 Å². The van der Waals surface area contributed by atoms with Crippen LogP contribution in [0.15, 0.2) is 17.5 Å². The zero-order valence-electron chi connectivity index (χ0n) is 12.0. The molecule has 0 saturated heterocycles. The van der Waals surface area contributed by atoms with Crippen LogP contribution >= 0.6 is 11.3 Å². The van der Waals surface area contributed by atoms with E-state index in [1.54, 1.807) is 11.3 Å². The Labute approximate surface area is 120 Å². The number of rotatable bonds is 10. The van der Waals surface area contributed by atoms with E-state index in [0.717, 1.165) is 39.0 Å². The highest BCUT2D eigenvalue weighted by Gasteiger charge is 2.01. The summed E-state index contributed by atoms with van der Waals surface area (Å²) >= 11 is 1.76. The molecule has 108 valence electrons. The lowest BCUT2D eigenvalue weighted by Crippen LogP contribution is -2.25. The van der Waals surface area contributed by atoms with Crippen molar-refractivity contribution in [2.24, 2.45) is 5.92 Å². The summed E-state index contributed by atoms with van der Waals surface area (Å²) in [7, 11) is 0. The van der Waals surface area contributed by atoms with Gasteiger partial charge < -0.3 is 10.1 Å². The summed E-state index contributed by atoms with van der Waals surface area (Å²) < 4.78 is 5.46. The summed E-state index contributed by atoms with van der Waals surface area (Å²) in [4.78, 5) is 12.9. The molecule has 0 spiro atoms. The zero-order chi connectivity index (χ0) is 13.9. The summed E-state index contributed by atoms with van der Waals surface area (Å²) in [6.45, 7) is 6.52. The van der Waals surface area contributed by atoms with Gasteiger partial charge >= 0.3 is 0 Å². The lowest BCUT2D eigenvalue weighted by Gasteiger charge is -2.07. The predicted molar refractivity (Wildman–Crippen MR) is 80.5 cm³/mol. The Balaban J connectivity index is 1.90. The Morgan fingerprint density at radius 1 is 1.42 bits per heavy atom. The second-order valence-electron chi connectivity index (χ2n) is 5.11. The smallest absolute Gasteiger partial charge is 0.220 e. The molecular formula is C15H25NO2S. The van der Waals surface area contributed by atoms with E-state index < -0.39 is 0 Å². The Bertz CT molecular complexity index is 336. The van der Waals surface area contributed by atoms with E-state index in [-0.39, 0.29) is 5.91 Å². The first kappa shape index (κ1) is 16.2. The molecule has 0 aliphatic carbocycles. The van der Waals surface area contributed by atoms with Gasteiger partial charge in [0.1, 0.15) is 0 Å². The third-order valence-corrected chi connectivity index (χ3v) is 3.58. The van der Waals surface area contributed by atoms with Crippen molar-refractivity contribution in [3.8, 4) is 0 Å². The quantitative estimate of drug-likeness (QED) is 0.669. The van der Waals surface area contributed by atoms with Crippen LogP contribution in [0.3, 0.4) is 0 Å². The lowest BCUT2D eigenvalue weighted by atomic mass is 10.2. The number of hydrogen-bond donors (Lipinski definition) is 1. The number of carbonyl (C=O) groups excluding carboxylic acids is 1. The van der Waals surface area contributed by atoms with E-state index in [0.29, 0.717) is 12.3 Å². The number of aryl methyl sites for hydroxylation is 1. The van der Waals surface area contributed by atoms with Gasteiger partial charge in [-0.3, -0.25) is 4.79 Å². The molecule has 0 saturated carbocycles. The monoisotopic (exact) mass is 283 g/mol. The highest BCUT2D eigenvalue weighted by molar-refractivity contribution is 7.09. The molecule has 3 nitrogen and oxygen atoms in total. The van der Waals surface area contributed by atoms with Crippen LogP contribution in [0.4, 0.5) is 0 Å². The van der Waals surface area contributed by atoms with E-state index in [4.69, 9.17) is 4.74 Å². The van der Waals surface area contributed by atoms with Gasteiger partial charge in [0.05, 0.1) is 0 Å². The van der Waals surface area contributed by atoms with E-state index in [2.05, 4.69) is 36.7 Å². The summed E-state index contributed by atoms with van der Waals surface area (Å²) in [6, 6.07) is 4.17. The van der Waals surface area contributed by atoms with Crippen LogP contribution in [-0.4, -0.2) is 25.7 Å². The number of hydrogen-bond acceptors (Lipinski definition) is 3. The molecule has 1 amide bonds. The molecule has 0 radical (unpaired) electrons. The minimum Gasteiger partial charge on any atom is -0.381 e. The first-order valence-corrected chi connectivity index (χ1v) is 7.93. The minimum absolute atomic E-state index is 0.153. The van der Waals surface area contributed by atoms with E-state index in [1.165, 1.54) is 4.88 Å². The first-order valence-electron chi connectivity index (χ1n) is 7.05. The Morgan fingerprint density at radius 2 is 2.26 bits per heavy atom. The number of carbonyl (C=O) groups is 1. The molecule has 19 heavy (non-hydrogen) atoms. The fourth-order valence-corrected chi connectivity index (χ4v) is 2.44. The molecule has 4 heteroatoms. The maximum Gasteiger partial charge on any atom is 0.220 e. The van der Waals surface area contributed by atoms with Crippen LogP contribution in [0.25, 0.3) is 0 Å². The summed E-state index contributed by atoms with van der Waals surface area (Å²) in [5, 5.41) is 5.01. The van der Waals surface area contributed by atoms with Gasteiger partial charge in [0.15, 0.2) is 0 Å². The summed E-state index contributed by atoms with van der Waals surface area (Å²) in [6.07, 6.45) is 3.44. The van der Waals surface area contributed by atoms with Gasteiger partial charge in [-0.05, 0) is 36.6 Å². The van der Waals surface area contributed by atoms with Crippen molar-refractivity contribution in [2.45, 2.75) is 39.5 Å². The highest BCUT2D eigenvalue weighted by atomic mass is 32.1. The van der Waals surface area contributed by atoms with Crippen LogP contribution in [0.5, 0.6) is 0 Å². The van der Waals surface area contributed by atoms with Gasteiger partial charge in [-0.2, -0.15) is 0 Å². The number of ether oxygens (including phenoxy) is 1. The fourth-order valence-electron chi connectivity index (χ4n) is 1.69. The molecule has 1 rings (SSSR count). The average molecular weight is 283 g/mol. The third kappa shape index (κ3) is 8.78. The predicted octanol–water partition coefficient (Wildman–Crippen LogP) is 3.25. The van der Waals surface area contributed by atoms with E-state index >= 15 is 0 Å². The van der Waals surface area contributed by atoms with Crippen molar-refractivity contribution in [3.63, 3.8) is 0 Å². The van der Waals surface area contributed by atoms with E-state index in [9.17, 15) is 4.79 Å². The molecule has 0 atom stereocenters. The standard InChI is InChI=1S/C15H25NO2S/c1-13(2)12-18-10-5-9-16-15(17)8-3-6-14-7-4-11-19-14/h4,7,11,13H,3,5-6,8-10,12H2,1-2H3,(H,16,17). The normalized spacial score (nSPS) is 10.9. The van der Waals surface area contributed by atoms with Crippen LogP contribution in [-0.2, 0) is 16.0 Å². The van der Waals surface area contributed by atoms with E-state index in [1.807, 2.05) is 0 Å². The van der Waals surface area contributed by atoms with Crippen molar-refractivity contribution in [2.75, 3.05) is 19.8 Å². The van der Waals surface area contributed by atoms with Crippen LogP contribution in [0.2, 0.25) is 0 Å². The maximum absolute atomic E-state index is 11.6.